The van der Waals surface area contributed by atoms with Gasteiger partial charge >= 0.3 is 6.09 Å². The summed E-state index contributed by atoms with van der Waals surface area (Å²) in [6, 6.07) is 25.8. The number of carbonyl (C=O) groups is 2. The van der Waals surface area contributed by atoms with Gasteiger partial charge in [-0.3, -0.25) is 4.79 Å². The third-order valence-electron chi connectivity index (χ3n) is 9.11. The molecule has 0 bridgehead atoms. The van der Waals surface area contributed by atoms with Crippen LogP contribution in [0.4, 0.5) is 4.79 Å². The molecular formula is C37H42ClN3O4. The smallest absolute Gasteiger partial charge is 0.404 e. The second kappa shape index (κ2) is 14.5. The predicted octanol–water partition coefficient (Wildman–Crippen LogP) is 7.23. The molecule has 4 aromatic carbocycles. The quantitative estimate of drug-likeness (QED) is 0.131. The number of carbonyl (C=O) groups excluding carboxylic acids is 1. The van der Waals surface area contributed by atoms with Crippen LogP contribution in [0.15, 0.2) is 78.9 Å². The summed E-state index contributed by atoms with van der Waals surface area (Å²) in [6.45, 7) is 3.98. The lowest BCUT2D eigenvalue weighted by Gasteiger charge is -2.44. The van der Waals surface area contributed by atoms with Crippen molar-refractivity contribution in [3.05, 3.63) is 106 Å². The Bertz CT molecular complexity index is 1680. The maximum absolute atomic E-state index is 14.2. The van der Waals surface area contributed by atoms with Crippen molar-refractivity contribution in [1.82, 2.24) is 15.5 Å². The molecule has 7 nitrogen and oxygen atoms in total. The molecule has 8 heteroatoms. The van der Waals surface area contributed by atoms with Crippen molar-refractivity contribution < 1.29 is 19.8 Å². The van der Waals surface area contributed by atoms with Crippen LogP contribution >= 0.6 is 11.6 Å². The summed E-state index contributed by atoms with van der Waals surface area (Å²) in [5.74, 6) is -0.342. The van der Waals surface area contributed by atoms with Gasteiger partial charge in [0.1, 0.15) is 0 Å². The Balaban J connectivity index is 1.53. The number of fused-ring (bicyclic) bond motifs is 1. The molecule has 1 saturated heterocycles. The van der Waals surface area contributed by atoms with Gasteiger partial charge in [-0.15, -0.1) is 0 Å². The van der Waals surface area contributed by atoms with E-state index in [4.69, 9.17) is 11.6 Å². The minimum Gasteiger partial charge on any atom is -0.465 e. The fourth-order valence-electron chi connectivity index (χ4n) is 6.85. The lowest BCUT2D eigenvalue weighted by atomic mass is 9.72. The molecule has 45 heavy (non-hydrogen) atoms. The molecule has 0 aromatic heterocycles. The van der Waals surface area contributed by atoms with Crippen molar-refractivity contribution in [3.63, 3.8) is 0 Å². The van der Waals surface area contributed by atoms with Crippen LogP contribution in [0.5, 0.6) is 0 Å². The van der Waals surface area contributed by atoms with Crippen LogP contribution in [0.25, 0.3) is 21.9 Å². The summed E-state index contributed by atoms with van der Waals surface area (Å²) in [4.78, 5) is 27.2. The van der Waals surface area contributed by atoms with Gasteiger partial charge in [-0.25, -0.2) is 4.79 Å². The van der Waals surface area contributed by atoms with E-state index in [1.807, 2.05) is 72.6 Å². The van der Waals surface area contributed by atoms with Crippen LogP contribution < -0.4 is 10.6 Å². The Morgan fingerprint density at radius 2 is 1.80 bits per heavy atom. The lowest BCUT2D eigenvalue weighted by molar-refractivity contribution is -0.0562. The van der Waals surface area contributed by atoms with E-state index in [0.717, 1.165) is 52.3 Å². The number of hydrogen-bond donors (Lipinski definition) is 4. The van der Waals surface area contributed by atoms with Gasteiger partial charge in [0.05, 0.1) is 5.60 Å². The highest BCUT2D eigenvalue weighted by atomic mass is 35.5. The van der Waals surface area contributed by atoms with Gasteiger partial charge in [0, 0.05) is 48.2 Å². The molecule has 236 valence electrons. The third-order valence-corrected chi connectivity index (χ3v) is 9.43. The molecule has 5 rings (SSSR count). The first-order valence-electron chi connectivity index (χ1n) is 15.8. The zero-order chi connectivity index (χ0) is 32.0. The van der Waals surface area contributed by atoms with Crippen molar-refractivity contribution in [1.29, 1.82) is 0 Å². The summed E-state index contributed by atoms with van der Waals surface area (Å²) < 4.78 is 0. The Morgan fingerprint density at radius 3 is 2.56 bits per heavy atom. The molecule has 1 heterocycles. The number of aryl methyl sites for hydroxylation is 1. The van der Waals surface area contributed by atoms with E-state index in [1.165, 1.54) is 0 Å². The molecular weight excluding hydrogens is 586 g/mol. The van der Waals surface area contributed by atoms with Crippen LogP contribution in [0.3, 0.4) is 0 Å². The molecule has 0 saturated carbocycles. The van der Waals surface area contributed by atoms with Gasteiger partial charge in [0.2, 0.25) is 0 Å². The van der Waals surface area contributed by atoms with E-state index in [1.54, 1.807) is 0 Å². The van der Waals surface area contributed by atoms with Gasteiger partial charge in [0.25, 0.3) is 5.91 Å². The van der Waals surface area contributed by atoms with Crippen molar-refractivity contribution in [2.24, 2.45) is 5.92 Å². The SMILES string of the molecule is CCc1cccc(-c2c(Cl)cccc2[C@](O)(CCCNC(=O)O)[C@@H]2CCCN(C(=O)c3ccc(CNC)c4ccccc34)C2)c1. The maximum atomic E-state index is 14.2. The standard InChI is InChI=1S/C37H42ClN3O4/c1-3-25-10-6-11-26(22-25)34-32(15-7-16-33(34)38)37(45,19-9-20-40-36(43)44)28-12-8-21-41(24-28)35(42)31-18-17-27(23-39-2)29-13-4-5-14-30(29)31/h4-7,10-11,13-18,22,28,39-40,45H,3,8-9,12,19-21,23-24H2,1-2H3,(H,43,44)/t28-,37+/m1/s1. The molecule has 2 atom stereocenters. The minimum atomic E-state index is -1.36. The minimum absolute atomic E-state index is 0.0521. The van der Waals surface area contributed by atoms with E-state index < -0.39 is 11.7 Å². The number of piperidine rings is 1. The Labute approximate surface area is 270 Å². The summed E-state index contributed by atoms with van der Waals surface area (Å²) >= 11 is 6.89. The lowest BCUT2D eigenvalue weighted by Crippen LogP contribution is -2.48. The molecule has 2 amide bonds. The first-order chi connectivity index (χ1) is 21.8. The number of likely N-dealkylation sites (tertiary alicyclic amines) is 1. The largest absolute Gasteiger partial charge is 0.465 e. The second-order valence-electron chi connectivity index (χ2n) is 11.9. The number of benzene rings is 4. The number of nitrogens with one attached hydrogen (secondary N) is 2. The first kappa shape index (κ1) is 32.5. The number of amides is 2. The molecule has 0 spiro atoms. The topological polar surface area (TPSA) is 102 Å². The van der Waals surface area contributed by atoms with Crippen LogP contribution in [-0.2, 0) is 18.6 Å². The molecule has 1 aliphatic rings. The van der Waals surface area contributed by atoms with Crippen molar-refractivity contribution in [3.8, 4) is 11.1 Å². The van der Waals surface area contributed by atoms with Gasteiger partial charge in [-0.1, -0.05) is 85.3 Å². The average molecular weight is 628 g/mol. The fraction of sp³-hybridized carbons (Fsp3) is 0.351. The Kier molecular flexibility index (Phi) is 10.4. The van der Waals surface area contributed by atoms with Crippen LogP contribution in [0.2, 0.25) is 5.02 Å². The number of halogens is 1. The number of hydrogen-bond acceptors (Lipinski definition) is 4. The molecule has 0 radical (unpaired) electrons. The Hall–Kier alpha value is -3.91. The zero-order valence-corrected chi connectivity index (χ0v) is 26.7. The van der Waals surface area contributed by atoms with Gasteiger partial charge in [-0.2, -0.15) is 0 Å². The normalized spacial score (nSPS) is 16.4. The monoisotopic (exact) mass is 627 g/mol. The number of aliphatic hydroxyl groups is 1. The van der Waals surface area contributed by atoms with E-state index in [2.05, 4.69) is 35.8 Å². The highest BCUT2D eigenvalue weighted by molar-refractivity contribution is 6.33. The highest BCUT2D eigenvalue weighted by Crippen LogP contribution is 2.46. The molecule has 1 aliphatic heterocycles. The highest BCUT2D eigenvalue weighted by Gasteiger charge is 2.43. The van der Waals surface area contributed by atoms with Crippen molar-refractivity contribution in [2.75, 3.05) is 26.7 Å². The number of carboxylic acid groups (broad SMARTS) is 1. The fourth-order valence-corrected chi connectivity index (χ4v) is 7.13. The molecule has 0 aliphatic carbocycles. The summed E-state index contributed by atoms with van der Waals surface area (Å²) in [6.07, 6.45) is 1.95. The zero-order valence-electron chi connectivity index (χ0n) is 26.0. The third kappa shape index (κ3) is 7.01. The second-order valence-corrected chi connectivity index (χ2v) is 12.3. The van der Waals surface area contributed by atoms with Crippen molar-refractivity contribution in [2.45, 2.75) is 51.2 Å². The maximum Gasteiger partial charge on any atom is 0.404 e. The van der Waals surface area contributed by atoms with Gasteiger partial charge in [-0.05, 0) is 84.3 Å². The van der Waals surface area contributed by atoms with Gasteiger partial charge < -0.3 is 25.7 Å². The van der Waals surface area contributed by atoms with Crippen LogP contribution in [0.1, 0.15) is 59.7 Å². The van der Waals surface area contributed by atoms with E-state index in [0.29, 0.717) is 48.6 Å². The van der Waals surface area contributed by atoms with E-state index in [9.17, 15) is 19.8 Å². The van der Waals surface area contributed by atoms with Gasteiger partial charge in [0.15, 0.2) is 0 Å². The molecule has 4 N–H and O–H groups in total. The molecule has 0 unspecified atom stereocenters. The molecule has 4 aromatic rings. The summed E-state index contributed by atoms with van der Waals surface area (Å²) in [7, 11) is 1.91. The summed E-state index contributed by atoms with van der Waals surface area (Å²) in [5, 5.41) is 30.2. The number of rotatable bonds is 11. The van der Waals surface area contributed by atoms with E-state index >= 15 is 0 Å². The summed E-state index contributed by atoms with van der Waals surface area (Å²) in [5.41, 5.74) is 3.99. The number of nitrogens with zero attached hydrogens (tertiary/aromatic N) is 1. The van der Waals surface area contributed by atoms with E-state index in [-0.39, 0.29) is 18.4 Å². The average Bonchev–Trinajstić information content (AvgIpc) is 3.06. The molecule has 1 fully saturated rings. The predicted molar refractivity (Wildman–Crippen MR) is 181 cm³/mol. The van der Waals surface area contributed by atoms with Crippen molar-refractivity contribution >= 4 is 34.4 Å². The van der Waals surface area contributed by atoms with Crippen LogP contribution in [-0.4, -0.2) is 53.8 Å². The van der Waals surface area contributed by atoms with Crippen LogP contribution in [0, 0.1) is 5.92 Å². The Morgan fingerprint density at radius 1 is 1.02 bits per heavy atom. The first-order valence-corrected chi connectivity index (χ1v) is 16.2.